The summed E-state index contributed by atoms with van der Waals surface area (Å²) in [6.07, 6.45) is 1.36. The van der Waals surface area contributed by atoms with E-state index in [0.717, 1.165) is 27.9 Å². The van der Waals surface area contributed by atoms with E-state index in [4.69, 9.17) is 9.47 Å². The van der Waals surface area contributed by atoms with E-state index in [1.807, 2.05) is 75.4 Å². The number of ether oxygens (including phenoxy) is 2. The number of pyridine rings is 1. The molecule has 0 spiro atoms. The maximum absolute atomic E-state index is 12.7. The van der Waals surface area contributed by atoms with E-state index in [1.54, 1.807) is 0 Å². The van der Waals surface area contributed by atoms with Gasteiger partial charge in [-0.15, -0.1) is 0 Å². The van der Waals surface area contributed by atoms with Gasteiger partial charge in [-0.05, 0) is 49.6 Å². The van der Waals surface area contributed by atoms with E-state index in [0.29, 0.717) is 26.1 Å². The van der Waals surface area contributed by atoms with Crippen molar-refractivity contribution in [1.82, 2.24) is 4.98 Å². The van der Waals surface area contributed by atoms with Crippen molar-refractivity contribution in [2.24, 2.45) is 0 Å². The van der Waals surface area contributed by atoms with Gasteiger partial charge in [-0.1, -0.05) is 50.2 Å². The van der Waals surface area contributed by atoms with Crippen molar-refractivity contribution < 1.29 is 14.3 Å². The molecule has 0 atom stereocenters. The van der Waals surface area contributed by atoms with Crippen LogP contribution >= 0.6 is 0 Å². The van der Waals surface area contributed by atoms with Crippen molar-refractivity contribution in [3.63, 3.8) is 0 Å². The Labute approximate surface area is 166 Å². The molecule has 0 amide bonds. The number of rotatable bonds is 8. The van der Waals surface area contributed by atoms with Gasteiger partial charge in [0.05, 0.1) is 23.2 Å². The quantitative estimate of drug-likeness (QED) is 0.491. The molecule has 3 rings (SSSR count). The number of aromatic nitrogens is 1. The maximum atomic E-state index is 12.7. The molecule has 0 radical (unpaired) electrons. The Morgan fingerprint density at radius 2 is 1.75 bits per heavy atom. The van der Waals surface area contributed by atoms with Crippen LogP contribution in [-0.2, 0) is 21.6 Å². The number of benzene rings is 2. The molecule has 3 aromatic rings. The molecule has 0 N–H and O–H groups in total. The molecular weight excluding hydrogens is 350 g/mol. The SMILES string of the molecule is CCOC(=O)C(CC)(CC)c1cccc(OCc2ccc3ccccc3n2)c1. The van der Waals surface area contributed by atoms with Crippen molar-refractivity contribution >= 4 is 16.9 Å². The minimum Gasteiger partial charge on any atom is -0.487 e. The van der Waals surface area contributed by atoms with Crippen molar-refractivity contribution in [1.29, 1.82) is 0 Å². The molecule has 0 aliphatic heterocycles. The second-order valence-corrected chi connectivity index (χ2v) is 6.82. The van der Waals surface area contributed by atoms with Crippen LogP contribution in [0.5, 0.6) is 5.75 Å². The van der Waals surface area contributed by atoms with Gasteiger partial charge in [0.25, 0.3) is 0 Å². The van der Waals surface area contributed by atoms with Gasteiger partial charge >= 0.3 is 5.97 Å². The predicted molar refractivity (Wildman–Crippen MR) is 111 cm³/mol. The molecule has 1 heterocycles. The van der Waals surface area contributed by atoms with Crippen LogP contribution in [0.4, 0.5) is 0 Å². The Kier molecular flexibility index (Phi) is 6.30. The van der Waals surface area contributed by atoms with E-state index in [1.165, 1.54) is 0 Å². The van der Waals surface area contributed by atoms with E-state index >= 15 is 0 Å². The first-order valence-corrected chi connectivity index (χ1v) is 9.88. The van der Waals surface area contributed by atoms with Gasteiger partial charge in [0.1, 0.15) is 12.4 Å². The zero-order valence-electron chi connectivity index (χ0n) is 16.8. The summed E-state index contributed by atoms with van der Waals surface area (Å²) in [6.45, 7) is 6.63. The first-order chi connectivity index (χ1) is 13.6. The third-order valence-corrected chi connectivity index (χ3v) is 5.30. The number of esters is 1. The van der Waals surface area contributed by atoms with E-state index in [-0.39, 0.29) is 5.97 Å². The second-order valence-electron chi connectivity index (χ2n) is 6.82. The monoisotopic (exact) mass is 377 g/mol. The molecule has 0 fully saturated rings. The highest BCUT2D eigenvalue weighted by Gasteiger charge is 2.38. The van der Waals surface area contributed by atoms with Gasteiger partial charge in [0.15, 0.2) is 0 Å². The Balaban J connectivity index is 1.80. The number of hydrogen-bond donors (Lipinski definition) is 0. The topological polar surface area (TPSA) is 48.4 Å². The third kappa shape index (κ3) is 4.01. The fourth-order valence-electron chi connectivity index (χ4n) is 3.56. The molecule has 146 valence electrons. The standard InChI is InChI=1S/C24H27NO3/c1-4-24(5-2,23(26)27-6-3)19-11-9-12-21(16-19)28-17-20-15-14-18-10-7-8-13-22(18)25-20/h7-16H,4-6,17H2,1-3H3. The molecule has 4 heteroatoms. The van der Waals surface area contributed by atoms with Crippen molar-refractivity contribution in [2.45, 2.75) is 45.6 Å². The van der Waals surface area contributed by atoms with E-state index in [9.17, 15) is 4.79 Å². The van der Waals surface area contributed by atoms with Crippen LogP contribution in [0.2, 0.25) is 0 Å². The van der Waals surface area contributed by atoms with Gasteiger partial charge in [0.2, 0.25) is 0 Å². The molecule has 0 aliphatic rings. The summed E-state index contributed by atoms with van der Waals surface area (Å²) in [6, 6.07) is 19.8. The molecule has 28 heavy (non-hydrogen) atoms. The number of hydrogen-bond acceptors (Lipinski definition) is 4. The minimum absolute atomic E-state index is 0.173. The Hall–Kier alpha value is -2.88. The van der Waals surface area contributed by atoms with E-state index in [2.05, 4.69) is 11.1 Å². The van der Waals surface area contributed by atoms with Gasteiger partial charge in [-0.3, -0.25) is 4.79 Å². The summed E-state index contributed by atoms with van der Waals surface area (Å²) in [7, 11) is 0. The number of carbonyl (C=O) groups is 1. The van der Waals surface area contributed by atoms with Gasteiger partial charge in [-0.25, -0.2) is 4.98 Å². The highest BCUT2D eigenvalue weighted by atomic mass is 16.5. The van der Waals surface area contributed by atoms with Crippen molar-refractivity contribution in [2.75, 3.05) is 6.61 Å². The smallest absolute Gasteiger partial charge is 0.316 e. The summed E-state index contributed by atoms with van der Waals surface area (Å²) >= 11 is 0. The molecule has 0 bridgehead atoms. The molecular formula is C24H27NO3. The summed E-state index contributed by atoms with van der Waals surface area (Å²) in [5.74, 6) is 0.552. The summed E-state index contributed by atoms with van der Waals surface area (Å²) in [4.78, 5) is 17.3. The van der Waals surface area contributed by atoms with Crippen LogP contribution in [0, 0.1) is 0 Å². The molecule has 0 saturated carbocycles. The van der Waals surface area contributed by atoms with Crippen molar-refractivity contribution in [3.05, 3.63) is 71.9 Å². The van der Waals surface area contributed by atoms with Crippen LogP contribution in [0.1, 0.15) is 44.9 Å². The zero-order valence-corrected chi connectivity index (χ0v) is 16.8. The number of carbonyl (C=O) groups excluding carboxylic acids is 1. The zero-order chi connectivity index (χ0) is 20.0. The fraction of sp³-hybridized carbons (Fsp3) is 0.333. The minimum atomic E-state index is -0.642. The Morgan fingerprint density at radius 1 is 0.964 bits per heavy atom. The lowest BCUT2D eigenvalue weighted by Gasteiger charge is -2.30. The number of para-hydroxylation sites is 1. The summed E-state index contributed by atoms with van der Waals surface area (Å²) in [5.41, 5.74) is 2.11. The highest BCUT2D eigenvalue weighted by molar-refractivity contribution is 5.83. The molecule has 4 nitrogen and oxygen atoms in total. The molecule has 0 aliphatic carbocycles. The highest BCUT2D eigenvalue weighted by Crippen LogP contribution is 2.35. The maximum Gasteiger partial charge on any atom is 0.316 e. The van der Waals surface area contributed by atoms with Crippen LogP contribution < -0.4 is 4.74 Å². The largest absolute Gasteiger partial charge is 0.487 e. The fourth-order valence-corrected chi connectivity index (χ4v) is 3.56. The van der Waals surface area contributed by atoms with Crippen LogP contribution in [-0.4, -0.2) is 17.6 Å². The van der Waals surface area contributed by atoms with Crippen LogP contribution in [0.25, 0.3) is 10.9 Å². The Morgan fingerprint density at radius 3 is 2.50 bits per heavy atom. The van der Waals surface area contributed by atoms with Crippen LogP contribution in [0.15, 0.2) is 60.7 Å². The van der Waals surface area contributed by atoms with Gasteiger partial charge < -0.3 is 9.47 Å². The van der Waals surface area contributed by atoms with Crippen molar-refractivity contribution in [3.8, 4) is 5.75 Å². The first kappa shape index (κ1) is 19.9. The number of nitrogens with zero attached hydrogens (tertiary/aromatic N) is 1. The average molecular weight is 377 g/mol. The van der Waals surface area contributed by atoms with E-state index < -0.39 is 5.41 Å². The van der Waals surface area contributed by atoms with Gasteiger partial charge in [0, 0.05) is 5.39 Å². The lowest BCUT2D eigenvalue weighted by molar-refractivity contribution is -0.150. The summed E-state index contributed by atoms with van der Waals surface area (Å²) < 4.78 is 11.4. The lowest BCUT2D eigenvalue weighted by Crippen LogP contribution is -2.36. The molecule has 0 unspecified atom stereocenters. The van der Waals surface area contributed by atoms with Crippen LogP contribution in [0.3, 0.4) is 0 Å². The normalized spacial score (nSPS) is 11.4. The first-order valence-electron chi connectivity index (χ1n) is 9.88. The predicted octanol–water partition coefficient (Wildman–Crippen LogP) is 5.43. The molecule has 1 aromatic heterocycles. The Bertz CT molecular complexity index is 947. The average Bonchev–Trinajstić information content (AvgIpc) is 2.74. The second kappa shape index (κ2) is 8.87. The molecule has 0 saturated heterocycles. The third-order valence-electron chi connectivity index (χ3n) is 5.30. The summed E-state index contributed by atoms with van der Waals surface area (Å²) in [5, 5.41) is 1.11. The van der Waals surface area contributed by atoms with Gasteiger partial charge in [-0.2, -0.15) is 0 Å². The lowest BCUT2D eigenvalue weighted by atomic mass is 9.76. The number of fused-ring (bicyclic) bond motifs is 1. The molecule has 2 aromatic carbocycles.